The maximum absolute atomic E-state index is 12.6. The number of carbonyl (C=O) groups is 1. The van der Waals surface area contributed by atoms with Crippen molar-refractivity contribution in [2.75, 3.05) is 32.9 Å². The number of hydrogen-bond acceptors (Lipinski definition) is 7. The monoisotopic (exact) mass is 429 g/mol. The van der Waals surface area contributed by atoms with Crippen LogP contribution in [0.2, 0.25) is 0 Å². The highest BCUT2D eigenvalue weighted by atomic mass is 31.2. The zero-order valence-corrected chi connectivity index (χ0v) is 17.8. The molecule has 0 fully saturated rings. The molecule has 2 aromatic heterocycles. The minimum Gasteiger partial charge on any atom is -0.469 e. The van der Waals surface area contributed by atoms with Crippen LogP contribution in [0.15, 0.2) is 11.1 Å². The van der Waals surface area contributed by atoms with Gasteiger partial charge in [0.1, 0.15) is 5.82 Å². The number of aryl methyl sites for hydroxylation is 1. The van der Waals surface area contributed by atoms with Gasteiger partial charge in [-0.05, 0) is 6.92 Å². The zero-order valence-electron chi connectivity index (χ0n) is 16.9. The van der Waals surface area contributed by atoms with E-state index in [0.29, 0.717) is 49.6 Å². The molecule has 12 heteroatoms. The topological polar surface area (TPSA) is 140 Å². The van der Waals surface area contributed by atoms with Crippen LogP contribution < -0.4 is 5.56 Å². The van der Waals surface area contributed by atoms with E-state index in [9.17, 15) is 14.2 Å². The molecule has 0 aliphatic heterocycles. The van der Waals surface area contributed by atoms with Crippen molar-refractivity contribution in [3.8, 4) is 0 Å². The van der Waals surface area contributed by atoms with Gasteiger partial charge in [0.15, 0.2) is 11.2 Å². The van der Waals surface area contributed by atoms with E-state index in [1.54, 1.807) is 20.4 Å². The Balaban J connectivity index is 2.19. The van der Waals surface area contributed by atoms with E-state index in [0.717, 1.165) is 0 Å². The number of aromatic nitrogens is 4. The normalized spacial score (nSPS) is 12.1. The number of rotatable bonds is 11. The van der Waals surface area contributed by atoms with Gasteiger partial charge in [0.25, 0.3) is 5.56 Å². The average Bonchev–Trinajstić information content (AvgIpc) is 3.09. The Kier molecular flexibility index (Phi) is 8.09. The first-order valence-corrected chi connectivity index (χ1v) is 11.3. The number of esters is 1. The molecule has 0 saturated heterocycles. The maximum atomic E-state index is 12.6. The lowest BCUT2D eigenvalue weighted by Gasteiger charge is -2.22. The van der Waals surface area contributed by atoms with Crippen LogP contribution in [0.5, 0.6) is 0 Å². The molecular weight excluding hydrogens is 401 g/mol. The Bertz CT molecular complexity index is 950. The van der Waals surface area contributed by atoms with Crippen LogP contribution in [0.1, 0.15) is 26.1 Å². The quantitative estimate of drug-likeness (QED) is 0.379. The minimum absolute atomic E-state index is 0.113. The molecule has 0 atom stereocenters. The Morgan fingerprint density at radius 2 is 2.00 bits per heavy atom. The predicted octanol–water partition coefficient (Wildman–Crippen LogP) is 0.218. The molecule has 2 rings (SSSR count). The first kappa shape index (κ1) is 23.2. The van der Waals surface area contributed by atoms with Crippen LogP contribution >= 0.6 is 7.60 Å². The second kappa shape index (κ2) is 10.1. The van der Waals surface area contributed by atoms with E-state index < -0.39 is 13.6 Å². The SMILES string of the molecule is CCc1nc2c(ncn2CCN(CCC(=O)OC)CCP(=O)(O)O)c(=O)n1CC. The maximum Gasteiger partial charge on any atom is 0.326 e. The van der Waals surface area contributed by atoms with Crippen molar-refractivity contribution >= 4 is 24.7 Å². The van der Waals surface area contributed by atoms with E-state index in [-0.39, 0.29) is 24.7 Å². The summed E-state index contributed by atoms with van der Waals surface area (Å²) in [7, 11) is -2.86. The van der Waals surface area contributed by atoms with E-state index in [4.69, 9.17) is 9.79 Å². The molecular formula is C17H28N5O6P. The number of methoxy groups -OCH3 is 1. The van der Waals surface area contributed by atoms with Crippen molar-refractivity contribution in [1.29, 1.82) is 0 Å². The Morgan fingerprint density at radius 3 is 2.59 bits per heavy atom. The van der Waals surface area contributed by atoms with Gasteiger partial charge in [-0.15, -0.1) is 0 Å². The highest BCUT2D eigenvalue weighted by Gasteiger charge is 2.18. The van der Waals surface area contributed by atoms with Crippen molar-refractivity contribution in [2.24, 2.45) is 0 Å². The minimum atomic E-state index is -4.16. The molecule has 0 amide bonds. The first-order chi connectivity index (χ1) is 13.7. The summed E-state index contributed by atoms with van der Waals surface area (Å²) in [5, 5.41) is 0. The third-order valence-electron chi connectivity index (χ3n) is 4.66. The fourth-order valence-electron chi connectivity index (χ4n) is 3.04. The number of nitrogens with zero attached hydrogens (tertiary/aromatic N) is 5. The first-order valence-electron chi connectivity index (χ1n) is 9.48. The highest BCUT2D eigenvalue weighted by Crippen LogP contribution is 2.33. The van der Waals surface area contributed by atoms with Crippen molar-refractivity contribution < 1.29 is 23.9 Å². The molecule has 0 aliphatic carbocycles. The molecule has 0 bridgehead atoms. The van der Waals surface area contributed by atoms with Crippen LogP contribution in [0.3, 0.4) is 0 Å². The number of hydrogen-bond donors (Lipinski definition) is 2. The fraction of sp³-hybridized carbons (Fsp3) is 0.647. The van der Waals surface area contributed by atoms with Gasteiger partial charge in [0.05, 0.1) is 26.0 Å². The Labute approximate surface area is 168 Å². The molecule has 0 radical (unpaired) electrons. The van der Waals surface area contributed by atoms with Gasteiger partial charge >= 0.3 is 13.6 Å². The molecule has 0 aliphatic rings. The van der Waals surface area contributed by atoms with Crippen molar-refractivity contribution in [3.63, 3.8) is 0 Å². The molecule has 0 aromatic carbocycles. The summed E-state index contributed by atoms with van der Waals surface area (Å²) in [6.45, 7) is 5.57. The molecule has 2 heterocycles. The largest absolute Gasteiger partial charge is 0.469 e. The third-order valence-corrected chi connectivity index (χ3v) is 5.44. The molecule has 162 valence electrons. The Hall–Kier alpha value is -2.07. The van der Waals surface area contributed by atoms with Crippen molar-refractivity contribution in [2.45, 2.75) is 39.8 Å². The van der Waals surface area contributed by atoms with Crippen LogP contribution in [-0.2, 0) is 33.6 Å². The standard InChI is InChI=1S/C17H28N5O6P/c1-4-13-19-16-15(17(24)22(13)5-2)18-12-21(16)9-8-20(7-6-14(23)28-3)10-11-29(25,26)27/h12H,4-11H2,1-3H3,(H2,25,26,27). The van der Waals surface area contributed by atoms with Gasteiger partial charge in [-0.2, -0.15) is 0 Å². The fourth-order valence-corrected chi connectivity index (χ4v) is 3.58. The van der Waals surface area contributed by atoms with Crippen LogP contribution in [0.25, 0.3) is 11.2 Å². The Morgan fingerprint density at radius 1 is 1.28 bits per heavy atom. The second-order valence-electron chi connectivity index (χ2n) is 6.60. The van der Waals surface area contributed by atoms with E-state index in [1.807, 2.05) is 13.8 Å². The molecule has 2 N–H and O–H groups in total. The van der Waals surface area contributed by atoms with E-state index >= 15 is 0 Å². The van der Waals surface area contributed by atoms with Crippen molar-refractivity contribution in [3.05, 3.63) is 22.5 Å². The predicted molar refractivity (Wildman–Crippen MR) is 107 cm³/mol. The van der Waals surface area contributed by atoms with Gasteiger partial charge in [0, 0.05) is 39.1 Å². The lowest BCUT2D eigenvalue weighted by Crippen LogP contribution is -2.32. The summed E-state index contributed by atoms with van der Waals surface area (Å²) >= 11 is 0. The summed E-state index contributed by atoms with van der Waals surface area (Å²) in [6.07, 6.45) is 1.96. The molecule has 11 nitrogen and oxygen atoms in total. The molecule has 0 saturated carbocycles. The van der Waals surface area contributed by atoms with Gasteiger partial charge in [-0.1, -0.05) is 6.92 Å². The summed E-state index contributed by atoms with van der Waals surface area (Å²) in [4.78, 5) is 52.9. The van der Waals surface area contributed by atoms with E-state index in [2.05, 4.69) is 14.7 Å². The summed E-state index contributed by atoms with van der Waals surface area (Å²) in [5.41, 5.74) is 0.594. The molecule has 0 spiro atoms. The lowest BCUT2D eigenvalue weighted by molar-refractivity contribution is -0.140. The summed E-state index contributed by atoms with van der Waals surface area (Å²) in [6, 6.07) is 0. The highest BCUT2D eigenvalue weighted by molar-refractivity contribution is 7.51. The lowest BCUT2D eigenvalue weighted by atomic mass is 10.3. The molecule has 0 unspecified atom stereocenters. The molecule has 29 heavy (non-hydrogen) atoms. The van der Waals surface area contributed by atoms with E-state index in [1.165, 1.54) is 7.11 Å². The van der Waals surface area contributed by atoms with Crippen molar-refractivity contribution in [1.82, 2.24) is 24.0 Å². The zero-order chi connectivity index (χ0) is 21.6. The van der Waals surface area contributed by atoms with Crippen LogP contribution in [0.4, 0.5) is 0 Å². The number of ether oxygens (including phenoxy) is 1. The number of fused-ring (bicyclic) bond motifs is 1. The number of carbonyl (C=O) groups excluding carboxylic acids is 1. The summed E-state index contributed by atoms with van der Waals surface area (Å²) < 4.78 is 19.2. The summed E-state index contributed by atoms with van der Waals surface area (Å²) in [5.74, 6) is 0.282. The second-order valence-corrected chi connectivity index (χ2v) is 8.37. The molecule has 2 aromatic rings. The third kappa shape index (κ3) is 6.20. The van der Waals surface area contributed by atoms with Gasteiger partial charge < -0.3 is 24.0 Å². The van der Waals surface area contributed by atoms with Crippen LogP contribution in [0, 0.1) is 0 Å². The van der Waals surface area contributed by atoms with Crippen LogP contribution in [-0.4, -0.2) is 72.7 Å². The van der Waals surface area contributed by atoms with Gasteiger partial charge in [-0.25, -0.2) is 9.97 Å². The van der Waals surface area contributed by atoms with Gasteiger partial charge in [-0.3, -0.25) is 18.7 Å². The smallest absolute Gasteiger partial charge is 0.326 e. The van der Waals surface area contributed by atoms with Gasteiger partial charge in [0.2, 0.25) is 0 Å². The average molecular weight is 429 g/mol. The number of imidazole rings is 1.